The van der Waals surface area contributed by atoms with Gasteiger partial charge in [-0.15, -0.1) is 0 Å². The fraction of sp³-hybridized carbons (Fsp3) is 0.357. The van der Waals surface area contributed by atoms with Crippen LogP contribution in [-0.2, 0) is 0 Å². The van der Waals surface area contributed by atoms with Crippen LogP contribution in [0.3, 0.4) is 0 Å². The summed E-state index contributed by atoms with van der Waals surface area (Å²) in [5, 5.41) is 0.879. The first kappa shape index (κ1) is 12.5. The minimum absolute atomic E-state index is 0.0850. The minimum atomic E-state index is -0.0850. The zero-order valence-electron chi connectivity index (χ0n) is 10.9. The maximum absolute atomic E-state index is 12.2. The molecule has 4 nitrogen and oxygen atoms in total. The van der Waals surface area contributed by atoms with E-state index in [4.69, 9.17) is 9.15 Å². The van der Waals surface area contributed by atoms with Gasteiger partial charge in [-0.05, 0) is 26.0 Å². The Hall–Kier alpha value is -1.97. The number of methoxy groups -OCH3 is 1. The second-order valence-corrected chi connectivity index (χ2v) is 3.97. The first-order valence-electron chi connectivity index (χ1n) is 6.07. The Bertz CT molecular complexity index is 555. The largest absolute Gasteiger partial charge is 0.493 e. The van der Waals surface area contributed by atoms with Gasteiger partial charge >= 0.3 is 0 Å². The highest BCUT2D eigenvalue weighted by Crippen LogP contribution is 2.28. The van der Waals surface area contributed by atoms with E-state index in [1.165, 1.54) is 0 Å². The van der Waals surface area contributed by atoms with Gasteiger partial charge in [0.05, 0.1) is 7.11 Å². The van der Waals surface area contributed by atoms with E-state index in [1.54, 1.807) is 18.1 Å². The summed E-state index contributed by atoms with van der Waals surface area (Å²) in [5.74, 6) is 0.919. The van der Waals surface area contributed by atoms with Crippen LogP contribution in [0.4, 0.5) is 0 Å². The third kappa shape index (κ3) is 2.06. The fourth-order valence-electron chi connectivity index (χ4n) is 1.97. The quantitative estimate of drug-likeness (QED) is 0.834. The molecule has 18 heavy (non-hydrogen) atoms. The average Bonchev–Trinajstić information content (AvgIpc) is 2.83. The molecule has 0 saturated carbocycles. The Morgan fingerprint density at radius 3 is 2.67 bits per heavy atom. The second-order valence-electron chi connectivity index (χ2n) is 3.97. The molecule has 1 heterocycles. The van der Waals surface area contributed by atoms with Crippen LogP contribution in [0.1, 0.15) is 24.4 Å². The molecule has 0 aliphatic rings. The van der Waals surface area contributed by atoms with Crippen molar-refractivity contribution in [2.45, 2.75) is 13.8 Å². The number of ether oxygens (including phenoxy) is 1. The van der Waals surface area contributed by atoms with Crippen molar-refractivity contribution in [1.82, 2.24) is 4.90 Å². The number of fused-ring (bicyclic) bond motifs is 1. The van der Waals surface area contributed by atoms with E-state index in [0.717, 1.165) is 5.39 Å². The van der Waals surface area contributed by atoms with E-state index >= 15 is 0 Å². The molecule has 0 bridgehead atoms. The molecule has 2 aromatic rings. The molecule has 1 amide bonds. The summed E-state index contributed by atoms with van der Waals surface area (Å²) in [6.07, 6.45) is 0. The number of para-hydroxylation sites is 1. The highest BCUT2D eigenvalue weighted by molar-refractivity contribution is 5.97. The standard InChI is InChI=1S/C14H17NO3/c1-4-15(5-2)14(16)12-9-10-7-6-8-11(17-3)13(10)18-12/h6-9H,4-5H2,1-3H3. The monoisotopic (exact) mass is 247 g/mol. The van der Waals surface area contributed by atoms with Crippen LogP contribution in [0, 0.1) is 0 Å². The van der Waals surface area contributed by atoms with Crippen molar-refractivity contribution >= 4 is 16.9 Å². The third-order valence-electron chi connectivity index (χ3n) is 2.99. The van der Waals surface area contributed by atoms with Crippen molar-refractivity contribution in [2.75, 3.05) is 20.2 Å². The lowest BCUT2D eigenvalue weighted by Crippen LogP contribution is -2.30. The van der Waals surface area contributed by atoms with Gasteiger partial charge in [-0.1, -0.05) is 12.1 Å². The molecule has 0 aliphatic heterocycles. The van der Waals surface area contributed by atoms with Crippen molar-refractivity contribution in [3.63, 3.8) is 0 Å². The van der Waals surface area contributed by atoms with E-state index in [9.17, 15) is 4.79 Å². The van der Waals surface area contributed by atoms with Gasteiger partial charge in [0.1, 0.15) is 0 Å². The topological polar surface area (TPSA) is 42.7 Å². The maximum atomic E-state index is 12.2. The summed E-state index contributed by atoms with van der Waals surface area (Å²) in [6, 6.07) is 7.36. The molecule has 0 spiro atoms. The predicted octanol–water partition coefficient (Wildman–Crippen LogP) is 2.92. The van der Waals surface area contributed by atoms with Gasteiger partial charge < -0.3 is 14.1 Å². The van der Waals surface area contributed by atoms with Gasteiger partial charge in [0.2, 0.25) is 0 Å². The molecule has 0 radical (unpaired) electrons. The number of carbonyl (C=O) groups is 1. The lowest BCUT2D eigenvalue weighted by atomic mass is 10.2. The Labute approximate surface area is 106 Å². The Balaban J connectivity index is 2.44. The smallest absolute Gasteiger partial charge is 0.289 e. The molecule has 0 aliphatic carbocycles. The zero-order chi connectivity index (χ0) is 13.1. The molecule has 0 saturated heterocycles. The number of furan rings is 1. The molecule has 2 rings (SSSR count). The molecular weight excluding hydrogens is 230 g/mol. The average molecular weight is 247 g/mol. The molecular formula is C14H17NO3. The Morgan fingerprint density at radius 1 is 1.33 bits per heavy atom. The molecule has 0 atom stereocenters. The highest BCUT2D eigenvalue weighted by atomic mass is 16.5. The first-order chi connectivity index (χ1) is 8.71. The summed E-state index contributed by atoms with van der Waals surface area (Å²) in [7, 11) is 1.59. The van der Waals surface area contributed by atoms with Crippen LogP contribution in [0.2, 0.25) is 0 Å². The molecule has 0 fully saturated rings. The van der Waals surface area contributed by atoms with E-state index in [0.29, 0.717) is 30.2 Å². The lowest BCUT2D eigenvalue weighted by Gasteiger charge is -2.16. The third-order valence-corrected chi connectivity index (χ3v) is 2.99. The van der Waals surface area contributed by atoms with Crippen molar-refractivity contribution in [2.24, 2.45) is 0 Å². The SMILES string of the molecule is CCN(CC)C(=O)c1cc2cccc(OC)c2o1. The van der Waals surface area contributed by atoms with E-state index in [1.807, 2.05) is 32.0 Å². The summed E-state index contributed by atoms with van der Waals surface area (Å²) in [5.41, 5.74) is 0.621. The molecule has 96 valence electrons. The van der Waals surface area contributed by atoms with Crippen molar-refractivity contribution in [3.05, 3.63) is 30.0 Å². The Morgan fingerprint density at radius 2 is 2.06 bits per heavy atom. The van der Waals surface area contributed by atoms with Gasteiger partial charge in [0.25, 0.3) is 5.91 Å². The van der Waals surface area contributed by atoms with Crippen LogP contribution in [0.15, 0.2) is 28.7 Å². The van der Waals surface area contributed by atoms with E-state index in [2.05, 4.69) is 0 Å². The number of amides is 1. The van der Waals surface area contributed by atoms with Gasteiger partial charge in [-0.25, -0.2) is 0 Å². The first-order valence-corrected chi connectivity index (χ1v) is 6.07. The number of benzene rings is 1. The summed E-state index contributed by atoms with van der Waals surface area (Å²) in [6.45, 7) is 5.24. The molecule has 0 unspecified atom stereocenters. The van der Waals surface area contributed by atoms with Crippen molar-refractivity contribution < 1.29 is 13.9 Å². The molecule has 0 N–H and O–H groups in total. The number of hydrogen-bond acceptors (Lipinski definition) is 3. The number of hydrogen-bond donors (Lipinski definition) is 0. The van der Waals surface area contributed by atoms with Crippen LogP contribution in [0.25, 0.3) is 11.0 Å². The zero-order valence-corrected chi connectivity index (χ0v) is 10.9. The fourth-order valence-corrected chi connectivity index (χ4v) is 1.97. The molecule has 1 aromatic carbocycles. The molecule has 1 aromatic heterocycles. The van der Waals surface area contributed by atoms with Crippen LogP contribution >= 0.6 is 0 Å². The van der Waals surface area contributed by atoms with Gasteiger partial charge in [0, 0.05) is 18.5 Å². The second kappa shape index (κ2) is 5.12. The van der Waals surface area contributed by atoms with Crippen LogP contribution in [-0.4, -0.2) is 31.0 Å². The lowest BCUT2D eigenvalue weighted by molar-refractivity contribution is 0.0743. The van der Waals surface area contributed by atoms with E-state index in [-0.39, 0.29) is 5.91 Å². The number of rotatable bonds is 4. The maximum Gasteiger partial charge on any atom is 0.289 e. The predicted molar refractivity (Wildman–Crippen MR) is 70.0 cm³/mol. The highest BCUT2D eigenvalue weighted by Gasteiger charge is 2.18. The summed E-state index contributed by atoms with van der Waals surface area (Å²) in [4.78, 5) is 13.9. The van der Waals surface area contributed by atoms with E-state index < -0.39 is 0 Å². The van der Waals surface area contributed by atoms with Crippen molar-refractivity contribution in [3.8, 4) is 5.75 Å². The van der Waals surface area contributed by atoms with Gasteiger partial charge in [0.15, 0.2) is 17.1 Å². The summed E-state index contributed by atoms with van der Waals surface area (Å²) < 4.78 is 10.8. The Kier molecular flexibility index (Phi) is 3.55. The minimum Gasteiger partial charge on any atom is -0.493 e. The summed E-state index contributed by atoms with van der Waals surface area (Å²) >= 11 is 0. The molecule has 4 heteroatoms. The number of carbonyl (C=O) groups excluding carboxylic acids is 1. The van der Waals surface area contributed by atoms with Gasteiger partial charge in [-0.3, -0.25) is 4.79 Å². The van der Waals surface area contributed by atoms with Crippen molar-refractivity contribution in [1.29, 1.82) is 0 Å². The number of nitrogens with zero attached hydrogens (tertiary/aromatic N) is 1. The van der Waals surface area contributed by atoms with Crippen LogP contribution < -0.4 is 4.74 Å². The van der Waals surface area contributed by atoms with Crippen LogP contribution in [0.5, 0.6) is 5.75 Å². The van der Waals surface area contributed by atoms with Gasteiger partial charge in [-0.2, -0.15) is 0 Å². The normalized spacial score (nSPS) is 10.6.